The van der Waals surface area contributed by atoms with Crippen molar-refractivity contribution < 1.29 is 24.2 Å². The van der Waals surface area contributed by atoms with E-state index in [2.05, 4.69) is 15.6 Å². The monoisotopic (exact) mass is 485 g/mol. The minimum Gasteiger partial charge on any atom is -0.497 e. The van der Waals surface area contributed by atoms with Crippen LogP contribution in [0.15, 0.2) is 60.8 Å². The van der Waals surface area contributed by atoms with Crippen LogP contribution in [-0.2, 0) is 16.9 Å². The number of nitrogens with one attached hydrogen (secondary N) is 2. The van der Waals surface area contributed by atoms with Gasteiger partial charge in [-0.2, -0.15) is 0 Å². The minimum atomic E-state index is -1.47. The molecule has 5 N–H and O–H groups in total. The Morgan fingerprint density at radius 1 is 1.14 bits per heavy atom. The summed E-state index contributed by atoms with van der Waals surface area (Å²) in [6, 6.07) is 14.8. The molecule has 2 aromatic heterocycles. The van der Waals surface area contributed by atoms with E-state index in [9.17, 15) is 19.5 Å². The molecule has 182 valence electrons. The summed E-state index contributed by atoms with van der Waals surface area (Å²) in [5, 5.41) is 17.2. The zero-order valence-electron chi connectivity index (χ0n) is 19.5. The van der Waals surface area contributed by atoms with Gasteiger partial charge in [0.05, 0.1) is 19.3 Å². The van der Waals surface area contributed by atoms with Crippen molar-refractivity contribution in [3.8, 4) is 22.9 Å². The number of primary amides is 1. The lowest BCUT2D eigenvalue weighted by Crippen LogP contribution is -2.47. The number of urea groups is 1. The van der Waals surface area contributed by atoms with Crippen molar-refractivity contribution in [1.29, 1.82) is 0 Å². The number of rotatable bonds is 6. The number of benzene rings is 2. The SMILES string of the molecule is COc1ccc2cn(C[C@@]3(c4ccc(-c5cc(C(N)=O)cc(C)n5)cc4)NC(=O)NC3=O)c(O)c2c1. The van der Waals surface area contributed by atoms with Crippen LogP contribution in [0.4, 0.5) is 4.79 Å². The molecular formula is C26H23N5O5. The molecule has 10 heteroatoms. The standard InChI is InChI=1S/C26H23N5O5/c1-14-9-17(22(27)32)10-21(28-14)15-3-6-18(7-4-15)26(24(34)29-25(35)30-26)13-31-12-16-5-8-19(36-2)11-20(16)23(31)33/h3-12,33H,13H2,1-2H3,(H2,27,32)(H2,29,30,34,35)/t26-/m0/s1. The van der Waals surface area contributed by atoms with Crippen molar-refractivity contribution in [3.05, 3.63) is 77.6 Å². The second-order valence-electron chi connectivity index (χ2n) is 8.67. The summed E-state index contributed by atoms with van der Waals surface area (Å²) < 4.78 is 6.76. The predicted octanol–water partition coefficient (Wildman–Crippen LogP) is 2.56. The van der Waals surface area contributed by atoms with Crippen LogP contribution < -0.4 is 21.1 Å². The molecule has 1 fully saturated rings. The zero-order valence-corrected chi connectivity index (χ0v) is 19.5. The molecule has 1 aliphatic heterocycles. The van der Waals surface area contributed by atoms with Gasteiger partial charge in [-0.15, -0.1) is 0 Å². The van der Waals surface area contributed by atoms with Gasteiger partial charge in [-0.3, -0.25) is 19.9 Å². The molecular weight excluding hydrogens is 462 g/mol. The summed E-state index contributed by atoms with van der Waals surface area (Å²) in [6.07, 6.45) is 1.71. The van der Waals surface area contributed by atoms with Crippen LogP contribution in [0, 0.1) is 6.92 Å². The lowest BCUT2D eigenvalue weighted by atomic mass is 9.88. The Balaban J connectivity index is 1.55. The van der Waals surface area contributed by atoms with Gasteiger partial charge in [0.1, 0.15) is 5.75 Å². The first-order chi connectivity index (χ1) is 17.2. The average molecular weight is 486 g/mol. The Morgan fingerprint density at radius 3 is 2.53 bits per heavy atom. The van der Waals surface area contributed by atoms with Gasteiger partial charge in [0.25, 0.3) is 5.91 Å². The predicted molar refractivity (Wildman–Crippen MR) is 131 cm³/mol. The first-order valence-corrected chi connectivity index (χ1v) is 11.1. The van der Waals surface area contributed by atoms with Gasteiger partial charge in [0, 0.05) is 33.8 Å². The zero-order chi connectivity index (χ0) is 25.6. The fourth-order valence-electron chi connectivity index (χ4n) is 4.51. The molecule has 3 heterocycles. The van der Waals surface area contributed by atoms with E-state index in [1.165, 1.54) is 11.7 Å². The maximum atomic E-state index is 13.1. The molecule has 0 spiro atoms. The molecule has 36 heavy (non-hydrogen) atoms. The van der Waals surface area contributed by atoms with Crippen molar-refractivity contribution in [2.75, 3.05) is 7.11 Å². The number of ether oxygens (including phenoxy) is 1. The maximum Gasteiger partial charge on any atom is 0.322 e. The molecule has 0 saturated carbocycles. The summed E-state index contributed by atoms with van der Waals surface area (Å²) >= 11 is 0. The van der Waals surface area contributed by atoms with Gasteiger partial charge < -0.3 is 25.5 Å². The van der Waals surface area contributed by atoms with E-state index in [-0.39, 0.29) is 12.4 Å². The number of aromatic hydroxyl groups is 1. The summed E-state index contributed by atoms with van der Waals surface area (Å²) in [6.45, 7) is 1.71. The Hall–Kier alpha value is -4.86. The van der Waals surface area contributed by atoms with Crippen LogP contribution in [0.5, 0.6) is 11.6 Å². The molecule has 1 saturated heterocycles. The molecule has 2 aromatic carbocycles. The molecule has 0 aliphatic carbocycles. The highest BCUT2D eigenvalue weighted by atomic mass is 16.5. The van der Waals surface area contributed by atoms with Gasteiger partial charge in [-0.05, 0) is 42.8 Å². The van der Waals surface area contributed by atoms with E-state index in [1.54, 1.807) is 67.7 Å². The molecule has 0 unspecified atom stereocenters. The molecule has 5 rings (SSSR count). The Bertz CT molecular complexity index is 1540. The van der Waals surface area contributed by atoms with Crippen LogP contribution >= 0.6 is 0 Å². The number of carbonyl (C=O) groups is 3. The fraction of sp³-hybridized carbons (Fsp3) is 0.154. The third-order valence-corrected chi connectivity index (χ3v) is 6.33. The highest BCUT2D eigenvalue weighted by molar-refractivity contribution is 6.07. The van der Waals surface area contributed by atoms with Gasteiger partial charge in [0.15, 0.2) is 11.4 Å². The van der Waals surface area contributed by atoms with Crippen molar-refractivity contribution in [3.63, 3.8) is 0 Å². The highest BCUT2D eigenvalue weighted by Crippen LogP contribution is 2.35. The number of nitrogens with zero attached hydrogens (tertiary/aromatic N) is 2. The largest absolute Gasteiger partial charge is 0.497 e. The lowest BCUT2D eigenvalue weighted by molar-refractivity contribution is -0.124. The number of hydrogen-bond donors (Lipinski definition) is 4. The van der Waals surface area contributed by atoms with Crippen LogP contribution in [0.25, 0.3) is 22.0 Å². The van der Waals surface area contributed by atoms with E-state index < -0.39 is 23.4 Å². The Kier molecular flexibility index (Phi) is 5.36. The first kappa shape index (κ1) is 22.9. The van der Waals surface area contributed by atoms with E-state index in [0.29, 0.717) is 39.2 Å². The van der Waals surface area contributed by atoms with Gasteiger partial charge in [-0.1, -0.05) is 24.3 Å². The summed E-state index contributed by atoms with van der Waals surface area (Å²) in [4.78, 5) is 41.4. The summed E-state index contributed by atoms with van der Waals surface area (Å²) in [7, 11) is 1.53. The molecule has 10 nitrogen and oxygen atoms in total. The lowest BCUT2D eigenvalue weighted by Gasteiger charge is -2.27. The van der Waals surface area contributed by atoms with Gasteiger partial charge >= 0.3 is 6.03 Å². The molecule has 0 radical (unpaired) electrons. The number of hydrogen-bond acceptors (Lipinski definition) is 6. The summed E-state index contributed by atoms with van der Waals surface area (Å²) in [5.74, 6) is -0.576. The number of pyridine rings is 1. The van der Waals surface area contributed by atoms with Crippen molar-refractivity contribution in [2.45, 2.75) is 19.0 Å². The molecule has 0 bridgehead atoms. The number of imide groups is 1. The smallest absolute Gasteiger partial charge is 0.322 e. The number of fused-ring (bicyclic) bond motifs is 1. The van der Waals surface area contributed by atoms with E-state index in [1.807, 2.05) is 0 Å². The van der Waals surface area contributed by atoms with Crippen molar-refractivity contribution >= 4 is 28.6 Å². The van der Waals surface area contributed by atoms with Crippen LogP contribution in [0.1, 0.15) is 21.6 Å². The van der Waals surface area contributed by atoms with Crippen molar-refractivity contribution in [2.24, 2.45) is 5.73 Å². The fourth-order valence-corrected chi connectivity index (χ4v) is 4.51. The average Bonchev–Trinajstić information content (AvgIpc) is 3.33. The van der Waals surface area contributed by atoms with E-state index in [4.69, 9.17) is 10.5 Å². The number of aryl methyl sites for hydroxylation is 1. The number of carbonyl (C=O) groups excluding carboxylic acids is 3. The third-order valence-electron chi connectivity index (χ3n) is 6.33. The van der Waals surface area contributed by atoms with Gasteiger partial charge in [-0.25, -0.2) is 4.79 Å². The van der Waals surface area contributed by atoms with Crippen LogP contribution in [0.2, 0.25) is 0 Å². The number of nitrogens with two attached hydrogens (primary N) is 1. The maximum absolute atomic E-state index is 13.1. The second kappa shape index (κ2) is 8.42. The molecule has 4 amide bonds. The Morgan fingerprint density at radius 2 is 1.89 bits per heavy atom. The quantitative estimate of drug-likeness (QED) is 0.309. The Labute approximate surface area is 205 Å². The topological polar surface area (TPSA) is 149 Å². The number of aromatic nitrogens is 2. The van der Waals surface area contributed by atoms with E-state index in [0.717, 1.165) is 5.39 Å². The molecule has 1 aliphatic rings. The third kappa shape index (κ3) is 3.78. The van der Waals surface area contributed by atoms with Crippen LogP contribution in [0.3, 0.4) is 0 Å². The molecule has 4 aromatic rings. The molecule has 1 atom stereocenters. The highest BCUT2D eigenvalue weighted by Gasteiger charge is 2.48. The second-order valence-corrected chi connectivity index (χ2v) is 8.67. The van der Waals surface area contributed by atoms with E-state index >= 15 is 0 Å². The first-order valence-electron chi connectivity index (χ1n) is 11.1. The van der Waals surface area contributed by atoms with Gasteiger partial charge in [0.2, 0.25) is 5.91 Å². The number of amides is 4. The summed E-state index contributed by atoms with van der Waals surface area (Å²) in [5.41, 5.74) is 6.69. The minimum absolute atomic E-state index is 0.0543. The number of methoxy groups -OCH3 is 1. The van der Waals surface area contributed by atoms with Crippen LogP contribution in [-0.4, -0.2) is 39.6 Å². The normalized spacial score (nSPS) is 17.2. The van der Waals surface area contributed by atoms with Crippen molar-refractivity contribution in [1.82, 2.24) is 20.2 Å².